The summed E-state index contributed by atoms with van der Waals surface area (Å²) in [4.78, 5) is 14.3. The minimum Gasteiger partial charge on any atom is -0.372 e. The number of carbonyl (C=O) groups excluding carboxylic acids is 1. The molecule has 148 valence electrons. The lowest BCUT2D eigenvalue weighted by Crippen LogP contribution is -2.21. The van der Waals surface area contributed by atoms with Crippen LogP contribution in [-0.2, 0) is 17.5 Å². The average Bonchev–Trinajstić information content (AvgIpc) is 2.91. The van der Waals surface area contributed by atoms with Crippen molar-refractivity contribution in [1.82, 2.24) is 9.78 Å². The highest BCUT2D eigenvalue weighted by Gasteiger charge is 2.37. The molecule has 1 amide bonds. The highest BCUT2D eigenvalue weighted by Crippen LogP contribution is 2.35. The van der Waals surface area contributed by atoms with Gasteiger partial charge in [0.2, 0.25) is 5.91 Å². The molecule has 2 aromatic rings. The Hall–Kier alpha value is -2.03. The molecule has 2 rings (SSSR count). The van der Waals surface area contributed by atoms with Crippen LogP contribution in [0, 0.1) is 6.92 Å². The average molecular weight is 447 g/mol. The molecule has 1 aromatic carbocycles. The molecule has 9 heteroatoms. The number of carbonyl (C=O) groups is 1. The molecule has 0 saturated carbocycles. The van der Waals surface area contributed by atoms with Gasteiger partial charge in [0, 0.05) is 30.9 Å². The van der Waals surface area contributed by atoms with Crippen LogP contribution in [0.1, 0.15) is 31.7 Å². The third kappa shape index (κ3) is 5.24. The van der Waals surface area contributed by atoms with Crippen molar-refractivity contribution in [2.45, 2.75) is 39.9 Å². The molecule has 0 unspecified atom stereocenters. The van der Waals surface area contributed by atoms with Crippen LogP contribution in [-0.4, -0.2) is 28.8 Å². The summed E-state index contributed by atoms with van der Waals surface area (Å²) in [5.74, 6) is -0.287. The number of nitrogens with zero attached hydrogens (tertiary/aromatic N) is 3. The summed E-state index contributed by atoms with van der Waals surface area (Å²) in [5.41, 5.74) is 1.06. The Morgan fingerprint density at radius 1 is 1.22 bits per heavy atom. The van der Waals surface area contributed by atoms with Crippen LogP contribution in [0.15, 0.2) is 28.7 Å². The van der Waals surface area contributed by atoms with Gasteiger partial charge in [-0.05, 0) is 61.0 Å². The molecular weight excluding hydrogens is 425 g/mol. The summed E-state index contributed by atoms with van der Waals surface area (Å²) in [6.45, 7) is 7.50. The molecule has 27 heavy (non-hydrogen) atoms. The highest BCUT2D eigenvalue weighted by molar-refractivity contribution is 9.10. The summed E-state index contributed by atoms with van der Waals surface area (Å²) in [7, 11) is 0. The lowest BCUT2D eigenvalue weighted by Gasteiger charge is -2.21. The van der Waals surface area contributed by atoms with E-state index in [1.54, 1.807) is 0 Å². The van der Waals surface area contributed by atoms with Gasteiger partial charge >= 0.3 is 6.18 Å². The van der Waals surface area contributed by atoms with E-state index in [2.05, 4.69) is 45.1 Å². The van der Waals surface area contributed by atoms with E-state index in [0.717, 1.165) is 18.8 Å². The number of rotatable bonds is 7. The van der Waals surface area contributed by atoms with E-state index in [1.165, 1.54) is 11.6 Å². The van der Waals surface area contributed by atoms with Crippen molar-refractivity contribution in [3.8, 4) is 0 Å². The molecular formula is C18H22BrF3N4O. The molecule has 0 aliphatic carbocycles. The van der Waals surface area contributed by atoms with Crippen LogP contribution in [0.2, 0.25) is 0 Å². The van der Waals surface area contributed by atoms with Crippen LogP contribution >= 0.6 is 15.9 Å². The second kappa shape index (κ2) is 8.77. The van der Waals surface area contributed by atoms with Crippen LogP contribution in [0.4, 0.5) is 24.5 Å². The second-order valence-electron chi connectivity index (χ2n) is 5.99. The fourth-order valence-corrected chi connectivity index (χ4v) is 3.21. The first-order valence-corrected chi connectivity index (χ1v) is 9.41. The zero-order chi connectivity index (χ0) is 20.2. The summed E-state index contributed by atoms with van der Waals surface area (Å²) in [6, 6.07) is 7.46. The van der Waals surface area contributed by atoms with E-state index in [1.807, 2.05) is 24.3 Å². The Morgan fingerprint density at radius 3 is 2.30 bits per heavy atom. The maximum absolute atomic E-state index is 12.9. The van der Waals surface area contributed by atoms with Gasteiger partial charge in [0.15, 0.2) is 5.69 Å². The molecule has 5 nitrogen and oxygen atoms in total. The van der Waals surface area contributed by atoms with Gasteiger partial charge in [-0.3, -0.25) is 9.48 Å². The molecule has 0 saturated heterocycles. The fraction of sp³-hybridized carbons (Fsp3) is 0.444. The maximum atomic E-state index is 12.9. The van der Waals surface area contributed by atoms with E-state index in [0.29, 0.717) is 11.4 Å². The van der Waals surface area contributed by atoms with Crippen molar-refractivity contribution >= 4 is 33.2 Å². The normalized spacial score (nSPS) is 11.5. The first-order chi connectivity index (χ1) is 12.7. The molecule has 0 atom stereocenters. The largest absolute Gasteiger partial charge is 0.436 e. The number of nitrogens with one attached hydrogen (secondary N) is 1. The Kier molecular flexibility index (Phi) is 6.91. The van der Waals surface area contributed by atoms with Crippen molar-refractivity contribution in [1.29, 1.82) is 0 Å². The van der Waals surface area contributed by atoms with Crippen molar-refractivity contribution in [3.63, 3.8) is 0 Å². The maximum Gasteiger partial charge on any atom is 0.436 e. The predicted octanol–water partition coefficient (Wildman–Crippen LogP) is 4.85. The van der Waals surface area contributed by atoms with Gasteiger partial charge in [0.1, 0.15) is 0 Å². The summed E-state index contributed by atoms with van der Waals surface area (Å²) < 4.78 is 39.7. The number of alkyl halides is 3. The Balaban J connectivity index is 1.97. The lowest BCUT2D eigenvalue weighted by molar-refractivity contribution is -0.142. The van der Waals surface area contributed by atoms with E-state index in [4.69, 9.17) is 0 Å². The van der Waals surface area contributed by atoms with Crippen LogP contribution in [0.25, 0.3) is 0 Å². The van der Waals surface area contributed by atoms with Gasteiger partial charge in [-0.15, -0.1) is 0 Å². The number of hydrogen-bond acceptors (Lipinski definition) is 3. The summed E-state index contributed by atoms with van der Waals surface area (Å²) in [5, 5.41) is 6.32. The Labute approximate surface area is 164 Å². The van der Waals surface area contributed by atoms with Crippen LogP contribution in [0.3, 0.4) is 0 Å². The molecule has 0 aliphatic rings. The monoisotopic (exact) mass is 446 g/mol. The highest BCUT2D eigenvalue weighted by atomic mass is 79.9. The molecule has 1 heterocycles. The molecule has 0 radical (unpaired) electrons. The van der Waals surface area contributed by atoms with Gasteiger partial charge in [0.05, 0.1) is 16.7 Å². The van der Waals surface area contributed by atoms with E-state index < -0.39 is 11.9 Å². The van der Waals surface area contributed by atoms with Gasteiger partial charge in [-0.2, -0.15) is 18.3 Å². The molecule has 1 N–H and O–H groups in total. The topological polar surface area (TPSA) is 50.2 Å². The lowest BCUT2D eigenvalue weighted by atomic mass is 10.2. The standard InChI is InChI=1S/C18H22BrF3N4O/c1-4-25(5-2)14-8-6-13(7-9-14)23-15(27)10-11-26-12(3)16(19)17(24-26)18(20,21)22/h6-9H,4-5,10-11H2,1-3H3,(H,23,27). The first kappa shape index (κ1) is 21.3. The zero-order valence-electron chi connectivity index (χ0n) is 15.4. The van der Waals surface area contributed by atoms with Gasteiger partial charge < -0.3 is 10.2 Å². The second-order valence-corrected chi connectivity index (χ2v) is 6.78. The molecule has 1 aromatic heterocycles. The van der Waals surface area contributed by atoms with Crippen LogP contribution < -0.4 is 10.2 Å². The molecule has 0 spiro atoms. The first-order valence-electron chi connectivity index (χ1n) is 8.62. The fourth-order valence-electron chi connectivity index (χ4n) is 2.70. The third-order valence-corrected chi connectivity index (χ3v) is 5.18. The minimum absolute atomic E-state index is 0.0179. The number of aromatic nitrogens is 2. The summed E-state index contributed by atoms with van der Waals surface area (Å²) in [6.07, 6.45) is -4.52. The molecule has 0 bridgehead atoms. The van der Waals surface area contributed by atoms with Crippen molar-refractivity contribution < 1.29 is 18.0 Å². The number of hydrogen-bond donors (Lipinski definition) is 1. The van der Waals surface area contributed by atoms with Crippen molar-refractivity contribution in [2.75, 3.05) is 23.3 Å². The quantitative estimate of drug-likeness (QED) is 0.661. The predicted molar refractivity (Wildman–Crippen MR) is 103 cm³/mol. The number of halogens is 4. The number of anilines is 2. The minimum atomic E-state index is -4.54. The van der Waals surface area contributed by atoms with Gasteiger partial charge in [-0.25, -0.2) is 0 Å². The van der Waals surface area contributed by atoms with E-state index >= 15 is 0 Å². The van der Waals surface area contributed by atoms with Gasteiger partial charge in [0.25, 0.3) is 0 Å². The SMILES string of the molecule is CCN(CC)c1ccc(NC(=O)CCn2nc(C(F)(F)F)c(Br)c2C)cc1. The Bertz CT molecular complexity index is 783. The summed E-state index contributed by atoms with van der Waals surface area (Å²) >= 11 is 2.92. The number of benzene rings is 1. The van der Waals surface area contributed by atoms with Crippen molar-refractivity contribution in [3.05, 3.63) is 40.1 Å². The van der Waals surface area contributed by atoms with Crippen molar-refractivity contribution in [2.24, 2.45) is 0 Å². The third-order valence-electron chi connectivity index (χ3n) is 4.23. The van der Waals surface area contributed by atoms with E-state index in [9.17, 15) is 18.0 Å². The Morgan fingerprint density at radius 2 is 1.81 bits per heavy atom. The zero-order valence-corrected chi connectivity index (χ0v) is 17.0. The molecule has 0 fully saturated rings. The smallest absolute Gasteiger partial charge is 0.372 e. The van der Waals surface area contributed by atoms with Gasteiger partial charge in [-0.1, -0.05) is 0 Å². The number of amides is 1. The number of aryl methyl sites for hydroxylation is 1. The van der Waals surface area contributed by atoms with E-state index in [-0.39, 0.29) is 23.3 Å². The molecule has 0 aliphatic heterocycles. The van der Waals surface area contributed by atoms with Crippen LogP contribution in [0.5, 0.6) is 0 Å².